The molecule has 2 aromatic carbocycles. The normalized spacial score (nSPS) is 10.2. The molecule has 0 radical (unpaired) electrons. The molecule has 0 heterocycles. The van der Waals surface area contributed by atoms with E-state index in [1.807, 2.05) is 13.8 Å². The van der Waals surface area contributed by atoms with Gasteiger partial charge in [-0.25, -0.2) is 0 Å². The Morgan fingerprint density at radius 2 is 1.89 bits per heavy atom. The summed E-state index contributed by atoms with van der Waals surface area (Å²) in [5.41, 5.74) is 5.88. The van der Waals surface area contributed by atoms with Crippen LogP contribution in [0.2, 0.25) is 5.02 Å². The van der Waals surface area contributed by atoms with Crippen molar-refractivity contribution in [1.29, 1.82) is 0 Å². The molecule has 0 saturated carbocycles. The molecule has 7 nitrogen and oxygen atoms in total. The number of amides is 2. The largest absolute Gasteiger partial charge is 0.490 e. The van der Waals surface area contributed by atoms with Crippen LogP contribution in [0.15, 0.2) is 36.4 Å². The van der Waals surface area contributed by atoms with Gasteiger partial charge in [-0.2, -0.15) is 0 Å². The zero-order valence-corrected chi connectivity index (χ0v) is 16.5. The van der Waals surface area contributed by atoms with Gasteiger partial charge in [0.05, 0.1) is 18.2 Å². The van der Waals surface area contributed by atoms with Crippen molar-refractivity contribution in [2.45, 2.75) is 20.3 Å². The summed E-state index contributed by atoms with van der Waals surface area (Å²) in [6.45, 7) is 4.47. The van der Waals surface area contributed by atoms with Crippen LogP contribution in [-0.2, 0) is 4.79 Å². The minimum atomic E-state index is -0.585. The number of hydrogen-bond acceptors (Lipinski definition) is 5. The molecule has 0 aliphatic carbocycles. The second kappa shape index (κ2) is 10.4. The second-order valence-electron chi connectivity index (χ2n) is 5.80. The van der Waals surface area contributed by atoms with Gasteiger partial charge < -0.3 is 25.3 Å². The predicted molar refractivity (Wildman–Crippen MR) is 107 cm³/mol. The number of primary amides is 1. The molecular formula is C20H23ClN2O5. The van der Waals surface area contributed by atoms with Crippen molar-refractivity contribution < 1.29 is 23.8 Å². The Kier molecular flexibility index (Phi) is 7.95. The van der Waals surface area contributed by atoms with Crippen LogP contribution in [0.3, 0.4) is 0 Å². The van der Waals surface area contributed by atoms with Crippen molar-refractivity contribution in [3.05, 3.63) is 47.0 Å². The third-order valence-electron chi connectivity index (χ3n) is 3.50. The molecule has 0 aromatic heterocycles. The van der Waals surface area contributed by atoms with E-state index in [9.17, 15) is 9.59 Å². The van der Waals surface area contributed by atoms with E-state index in [4.69, 9.17) is 31.5 Å². The third-order valence-corrected chi connectivity index (χ3v) is 3.78. The summed E-state index contributed by atoms with van der Waals surface area (Å²) in [6.07, 6.45) is 0.818. The molecule has 2 amide bonds. The van der Waals surface area contributed by atoms with E-state index in [-0.39, 0.29) is 12.5 Å². The van der Waals surface area contributed by atoms with Gasteiger partial charge in [-0.05, 0) is 37.6 Å². The summed E-state index contributed by atoms with van der Waals surface area (Å²) in [5.74, 6) is 0.277. The lowest BCUT2D eigenvalue weighted by Gasteiger charge is -2.15. The molecule has 0 aliphatic heterocycles. The molecule has 28 heavy (non-hydrogen) atoms. The molecule has 2 rings (SSSR count). The van der Waals surface area contributed by atoms with Crippen molar-refractivity contribution in [3.63, 3.8) is 0 Å². The minimum Gasteiger partial charge on any atom is -0.490 e. The zero-order valence-electron chi connectivity index (χ0n) is 15.8. The number of anilines is 1. The molecule has 0 bridgehead atoms. The highest BCUT2D eigenvalue weighted by molar-refractivity contribution is 6.32. The van der Waals surface area contributed by atoms with Gasteiger partial charge in [0, 0.05) is 17.3 Å². The number of carbonyl (C=O) groups is 2. The number of benzene rings is 2. The van der Waals surface area contributed by atoms with Gasteiger partial charge in [-0.3, -0.25) is 9.59 Å². The number of rotatable bonds is 10. The number of halogens is 1. The van der Waals surface area contributed by atoms with E-state index in [1.54, 1.807) is 30.3 Å². The average Bonchev–Trinajstić information content (AvgIpc) is 2.66. The number of nitrogens with two attached hydrogens (primary N) is 1. The van der Waals surface area contributed by atoms with E-state index in [2.05, 4.69) is 5.32 Å². The minimum absolute atomic E-state index is 0.246. The lowest BCUT2D eigenvalue weighted by atomic mass is 10.1. The predicted octanol–water partition coefficient (Wildman–Crippen LogP) is 3.64. The van der Waals surface area contributed by atoms with Crippen molar-refractivity contribution in [2.24, 2.45) is 5.73 Å². The standard InChI is InChI=1S/C20H23ClN2O5/c1-3-8-27-19-16(21)9-13(10-17(19)26-4-2)20(25)23-14-6-5-7-15(11-14)28-12-18(22)24/h5-7,9-11H,3-4,8,12H2,1-2H3,(H2,22,24)(H,23,25). The second-order valence-corrected chi connectivity index (χ2v) is 6.21. The van der Waals surface area contributed by atoms with E-state index >= 15 is 0 Å². The van der Waals surface area contributed by atoms with Gasteiger partial charge >= 0.3 is 0 Å². The Morgan fingerprint density at radius 3 is 2.57 bits per heavy atom. The Morgan fingerprint density at radius 1 is 1.11 bits per heavy atom. The van der Waals surface area contributed by atoms with Crippen LogP contribution in [0.5, 0.6) is 17.2 Å². The smallest absolute Gasteiger partial charge is 0.255 e. The van der Waals surface area contributed by atoms with Crippen LogP contribution in [-0.4, -0.2) is 31.6 Å². The zero-order chi connectivity index (χ0) is 20.5. The number of ether oxygens (including phenoxy) is 3. The molecule has 8 heteroatoms. The first-order chi connectivity index (χ1) is 13.4. The van der Waals surface area contributed by atoms with Crippen molar-refractivity contribution in [1.82, 2.24) is 0 Å². The number of carbonyl (C=O) groups excluding carboxylic acids is 2. The third kappa shape index (κ3) is 6.06. The van der Waals surface area contributed by atoms with Crippen molar-refractivity contribution in [3.8, 4) is 17.2 Å². The van der Waals surface area contributed by atoms with Gasteiger partial charge in [0.15, 0.2) is 18.1 Å². The summed E-state index contributed by atoms with van der Waals surface area (Å²) in [7, 11) is 0. The molecule has 150 valence electrons. The first kappa shape index (κ1) is 21.4. The highest BCUT2D eigenvalue weighted by atomic mass is 35.5. The van der Waals surface area contributed by atoms with E-state index < -0.39 is 5.91 Å². The monoisotopic (exact) mass is 406 g/mol. The van der Waals surface area contributed by atoms with Gasteiger partial charge in [0.2, 0.25) is 0 Å². The van der Waals surface area contributed by atoms with Crippen molar-refractivity contribution >= 4 is 29.1 Å². The van der Waals surface area contributed by atoms with E-state index in [1.165, 1.54) is 6.07 Å². The van der Waals surface area contributed by atoms with Gasteiger partial charge in [0.1, 0.15) is 5.75 Å². The fraction of sp³-hybridized carbons (Fsp3) is 0.300. The van der Waals surface area contributed by atoms with Gasteiger partial charge in [-0.15, -0.1) is 0 Å². The number of nitrogens with one attached hydrogen (secondary N) is 1. The Bertz CT molecular complexity index is 841. The summed E-state index contributed by atoms with van der Waals surface area (Å²) >= 11 is 6.30. The summed E-state index contributed by atoms with van der Waals surface area (Å²) in [5, 5.41) is 3.05. The van der Waals surface area contributed by atoms with Gasteiger partial charge in [-0.1, -0.05) is 24.6 Å². The van der Waals surface area contributed by atoms with Crippen LogP contribution >= 0.6 is 11.6 Å². The SMILES string of the molecule is CCCOc1c(Cl)cc(C(=O)Nc2cccc(OCC(N)=O)c2)cc1OCC. The van der Waals surface area contributed by atoms with Crippen molar-refractivity contribution in [2.75, 3.05) is 25.1 Å². The Hall–Kier alpha value is -2.93. The molecule has 0 aliphatic rings. The molecular weight excluding hydrogens is 384 g/mol. The lowest BCUT2D eigenvalue weighted by molar-refractivity contribution is -0.119. The quantitative estimate of drug-likeness (QED) is 0.627. The van der Waals surface area contributed by atoms with Crippen LogP contribution in [0.4, 0.5) is 5.69 Å². The van der Waals surface area contributed by atoms with Crippen LogP contribution in [0.1, 0.15) is 30.6 Å². The molecule has 0 saturated heterocycles. The first-order valence-corrected chi connectivity index (χ1v) is 9.24. The molecule has 3 N–H and O–H groups in total. The lowest BCUT2D eigenvalue weighted by Crippen LogP contribution is -2.20. The summed E-state index contributed by atoms with van der Waals surface area (Å²) in [6, 6.07) is 9.74. The highest BCUT2D eigenvalue weighted by Crippen LogP contribution is 2.37. The molecule has 0 fully saturated rings. The molecule has 2 aromatic rings. The fourth-order valence-corrected chi connectivity index (χ4v) is 2.59. The van der Waals surface area contributed by atoms with Crippen LogP contribution in [0, 0.1) is 0 Å². The fourth-order valence-electron chi connectivity index (χ4n) is 2.33. The van der Waals surface area contributed by atoms with E-state index in [0.717, 1.165) is 6.42 Å². The first-order valence-electron chi connectivity index (χ1n) is 8.86. The summed E-state index contributed by atoms with van der Waals surface area (Å²) < 4.78 is 16.5. The van der Waals surface area contributed by atoms with Crippen LogP contribution in [0.25, 0.3) is 0 Å². The van der Waals surface area contributed by atoms with Gasteiger partial charge in [0.25, 0.3) is 11.8 Å². The summed E-state index contributed by atoms with van der Waals surface area (Å²) in [4.78, 5) is 23.5. The highest BCUT2D eigenvalue weighted by Gasteiger charge is 2.16. The maximum absolute atomic E-state index is 12.6. The Balaban J connectivity index is 2.19. The Labute approximate surface area is 168 Å². The average molecular weight is 407 g/mol. The van der Waals surface area contributed by atoms with Crippen LogP contribution < -0.4 is 25.3 Å². The van der Waals surface area contributed by atoms with E-state index in [0.29, 0.717) is 46.7 Å². The number of hydrogen-bond donors (Lipinski definition) is 2. The maximum atomic E-state index is 12.6. The molecule has 0 atom stereocenters. The molecule has 0 unspecified atom stereocenters. The molecule has 0 spiro atoms. The topological polar surface area (TPSA) is 99.9 Å². The maximum Gasteiger partial charge on any atom is 0.255 e.